The van der Waals surface area contributed by atoms with Gasteiger partial charge in [-0.1, -0.05) is 60.7 Å². The van der Waals surface area contributed by atoms with E-state index in [1.165, 1.54) is 5.01 Å². The Balaban J connectivity index is 1.81. The summed E-state index contributed by atoms with van der Waals surface area (Å²) in [5.74, 6) is 7.53. The molecule has 4 rings (SSSR count). The summed E-state index contributed by atoms with van der Waals surface area (Å²) in [6.45, 7) is 0. The van der Waals surface area contributed by atoms with Crippen molar-refractivity contribution in [2.75, 3.05) is 0 Å². The van der Waals surface area contributed by atoms with E-state index in [0.29, 0.717) is 29.2 Å². The van der Waals surface area contributed by atoms with Crippen molar-refractivity contribution < 1.29 is 10.2 Å². The number of nitrogens with two attached hydrogens (primary N) is 1. The molecule has 1 heterocycles. The normalized spacial score (nSPS) is 16.5. The first-order valence-electron chi connectivity index (χ1n) is 8.93. The van der Waals surface area contributed by atoms with E-state index in [2.05, 4.69) is 9.98 Å². The second kappa shape index (κ2) is 7.54. The van der Waals surface area contributed by atoms with Crippen molar-refractivity contribution in [1.29, 1.82) is 0 Å². The summed E-state index contributed by atoms with van der Waals surface area (Å²) < 4.78 is 0. The Hall–Kier alpha value is -3.64. The van der Waals surface area contributed by atoms with E-state index < -0.39 is 6.17 Å². The Morgan fingerprint density at radius 3 is 2.18 bits per heavy atom. The first kappa shape index (κ1) is 17.8. The molecule has 4 N–H and O–H groups in total. The highest BCUT2D eigenvalue weighted by atomic mass is 16.3. The van der Waals surface area contributed by atoms with E-state index >= 15 is 0 Å². The minimum Gasteiger partial charge on any atom is -0.508 e. The number of hydrogen-bond acceptors (Lipinski definition) is 6. The summed E-state index contributed by atoms with van der Waals surface area (Å²) >= 11 is 0. The fourth-order valence-corrected chi connectivity index (χ4v) is 3.16. The van der Waals surface area contributed by atoms with Gasteiger partial charge in [-0.15, -0.1) is 0 Å². The molecule has 28 heavy (non-hydrogen) atoms. The van der Waals surface area contributed by atoms with Crippen molar-refractivity contribution in [3.63, 3.8) is 0 Å². The molecule has 0 aliphatic carbocycles. The van der Waals surface area contributed by atoms with Gasteiger partial charge in [-0.05, 0) is 23.8 Å². The maximum absolute atomic E-state index is 10.3. The lowest BCUT2D eigenvalue weighted by Crippen LogP contribution is -2.44. The van der Waals surface area contributed by atoms with Gasteiger partial charge in [0.2, 0.25) is 0 Å². The minimum atomic E-state index is -0.660. The number of aliphatic imine (C=N–C) groups is 2. The minimum absolute atomic E-state index is 0.0885. The third-order valence-electron chi connectivity index (χ3n) is 4.61. The Morgan fingerprint density at radius 2 is 1.46 bits per heavy atom. The quantitative estimate of drug-likeness (QED) is 0.612. The fourth-order valence-electron chi connectivity index (χ4n) is 3.16. The average Bonchev–Trinajstić information content (AvgIpc) is 2.71. The van der Waals surface area contributed by atoms with Crippen LogP contribution in [0.1, 0.15) is 22.9 Å². The Labute approximate surface area is 162 Å². The summed E-state index contributed by atoms with van der Waals surface area (Å²) in [5, 5.41) is 22.1. The van der Waals surface area contributed by atoms with Crippen molar-refractivity contribution >= 4 is 11.7 Å². The van der Waals surface area contributed by atoms with Crippen LogP contribution >= 0.6 is 0 Å². The van der Waals surface area contributed by atoms with Gasteiger partial charge in [0.05, 0.1) is 5.56 Å². The molecule has 0 aromatic heterocycles. The number of para-hydroxylation sites is 2. The number of nitrogens with zero attached hydrogens (tertiary/aromatic N) is 3. The zero-order valence-electron chi connectivity index (χ0n) is 15.1. The van der Waals surface area contributed by atoms with Crippen LogP contribution in [0.4, 0.5) is 0 Å². The second-order valence-electron chi connectivity index (χ2n) is 6.50. The van der Waals surface area contributed by atoms with Gasteiger partial charge in [-0.3, -0.25) is 5.01 Å². The molecule has 0 radical (unpaired) electrons. The van der Waals surface area contributed by atoms with Crippen LogP contribution in [0.5, 0.6) is 11.5 Å². The van der Waals surface area contributed by atoms with Gasteiger partial charge in [0.1, 0.15) is 17.3 Å². The van der Waals surface area contributed by atoms with Crippen LogP contribution in [0.2, 0.25) is 0 Å². The highest BCUT2D eigenvalue weighted by molar-refractivity contribution is 6.09. The van der Waals surface area contributed by atoms with Crippen LogP contribution in [0.25, 0.3) is 0 Å². The van der Waals surface area contributed by atoms with Crippen molar-refractivity contribution in [3.05, 3.63) is 95.6 Å². The monoisotopic (exact) mass is 372 g/mol. The SMILES string of the molecule is NN1C(Cc2ccccc2)=NC(c2ccccc2O)=NC1c1ccccc1O. The maximum atomic E-state index is 10.3. The molecule has 0 saturated carbocycles. The zero-order valence-corrected chi connectivity index (χ0v) is 15.1. The predicted octanol–water partition coefficient (Wildman–Crippen LogP) is 3.37. The van der Waals surface area contributed by atoms with Crippen LogP contribution in [-0.2, 0) is 6.42 Å². The first-order valence-corrected chi connectivity index (χ1v) is 8.93. The molecule has 0 spiro atoms. The smallest absolute Gasteiger partial charge is 0.167 e. The molecule has 1 atom stereocenters. The molecule has 3 aromatic rings. The summed E-state index contributed by atoms with van der Waals surface area (Å²) in [5.41, 5.74) is 2.13. The van der Waals surface area contributed by atoms with E-state index in [0.717, 1.165) is 5.56 Å². The molecule has 3 aromatic carbocycles. The Morgan fingerprint density at radius 1 is 0.821 bits per heavy atom. The second-order valence-corrected chi connectivity index (χ2v) is 6.50. The molecule has 0 bridgehead atoms. The Kier molecular flexibility index (Phi) is 4.78. The lowest BCUT2D eigenvalue weighted by Gasteiger charge is -2.32. The third kappa shape index (κ3) is 3.45. The van der Waals surface area contributed by atoms with E-state index in [-0.39, 0.29) is 11.5 Å². The molecule has 6 nitrogen and oxygen atoms in total. The highest BCUT2D eigenvalue weighted by Gasteiger charge is 2.28. The number of hydrazine groups is 1. The summed E-state index contributed by atoms with van der Waals surface area (Å²) in [7, 11) is 0. The van der Waals surface area contributed by atoms with E-state index in [1.54, 1.807) is 36.4 Å². The fraction of sp³-hybridized carbons (Fsp3) is 0.0909. The topological polar surface area (TPSA) is 94.4 Å². The zero-order chi connectivity index (χ0) is 19.5. The van der Waals surface area contributed by atoms with Gasteiger partial charge in [0.25, 0.3) is 0 Å². The molecule has 1 aliphatic rings. The first-order chi connectivity index (χ1) is 13.6. The van der Waals surface area contributed by atoms with Gasteiger partial charge in [0, 0.05) is 12.0 Å². The molecular weight excluding hydrogens is 352 g/mol. The lowest BCUT2D eigenvalue weighted by atomic mass is 10.1. The van der Waals surface area contributed by atoms with Crippen LogP contribution in [0, 0.1) is 0 Å². The number of rotatable bonds is 4. The van der Waals surface area contributed by atoms with Gasteiger partial charge < -0.3 is 10.2 Å². The molecule has 6 heteroatoms. The lowest BCUT2D eigenvalue weighted by molar-refractivity contribution is 0.317. The van der Waals surface area contributed by atoms with E-state index in [9.17, 15) is 10.2 Å². The largest absolute Gasteiger partial charge is 0.508 e. The molecule has 140 valence electrons. The summed E-state index contributed by atoms with van der Waals surface area (Å²) in [6.07, 6.45) is -0.166. The van der Waals surface area contributed by atoms with Crippen molar-refractivity contribution in [3.8, 4) is 11.5 Å². The summed E-state index contributed by atoms with van der Waals surface area (Å²) in [4.78, 5) is 9.25. The van der Waals surface area contributed by atoms with Gasteiger partial charge >= 0.3 is 0 Å². The maximum Gasteiger partial charge on any atom is 0.167 e. The molecule has 1 unspecified atom stereocenters. The number of aromatic hydroxyl groups is 2. The number of phenolic OH excluding ortho intramolecular Hbond substituents is 2. The molecule has 1 aliphatic heterocycles. The van der Waals surface area contributed by atoms with Gasteiger partial charge in [-0.25, -0.2) is 15.8 Å². The molecule has 0 amide bonds. The predicted molar refractivity (Wildman–Crippen MR) is 109 cm³/mol. The number of benzene rings is 3. The highest BCUT2D eigenvalue weighted by Crippen LogP contribution is 2.32. The van der Waals surface area contributed by atoms with Crippen molar-refractivity contribution in [1.82, 2.24) is 5.01 Å². The van der Waals surface area contributed by atoms with Crippen molar-refractivity contribution in [2.24, 2.45) is 15.8 Å². The molecule has 0 fully saturated rings. The van der Waals surface area contributed by atoms with E-state index in [4.69, 9.17) is 5.84 Å². The molecular formula is C22H20N4O2. The summed E-state index contributed by atoms with van der Waals surface area (Å²) in [6, 6.07) is 23.7. The van der Waals surface area contributed by atoms with Crippen LogP contribution in [0.3, 0.4) is 0 Å². The number of hydrogen-bond donors (Lipinski definition) is 3. The average molecular weight is 372 g/mol. The van der Waals surface area contributed by atoms with Gasteiger partial charge in [0.15, 0.2) is 12.0 Å². The molecule has 0 saturated heterocycles. The van der Waals surface area contributed by atoms with Crippen molar-refractivity contribution in [2.45, 2.75) is 12.6 Å². The van der Waals surface area contributed by atoms with Gasteiger partial charge in [-0.2, -0.15) is 0 Å². The van der Waals surface area contributed by atoms with E-state index in [1.807, 2.05) is 42.5 Å². The standard InChI is InChI=1S/C22H20N4O2/c23-26-20(14-15-8-2-1-3-9-15)24-21(16-10-4-6-12-18(16)27)25-22(26)17-11-5-7-13-19(17)28/h1-13,22,27-28H,14,23H2. The van der Waals surface area contributed by atoms with Crippen LogP contribution in [0.15, 0.2) is 88.8 Å². The van der Waals surface area contributed by atoms with Crippen LogP contribution < -0.4 is 5.84 Å². The third-order valence-corrected chi connectivity index (χ3v) is 4.61. The number of amidine groups is 2. The Bertz CT molecular complexity index is 1050. The van der Waals surface area contributed by atoms with Crippen LogP contribution in [-0.4, -0.2) is 26.9 Å². The number of phenols is 2.